The van der Waals surface area contributed by atoms with Crippen LogP contribution in [-0.2, 0) is 29.0 Å². The van der Waals surface area contributed by atoms with Crippen LogP contribution in [0.15, 0.2) is 42.7 Å². The Bertz CT molecular complexity index is 1100. The molecule has 2 aromatic heterocycles. The molecule has 3 rings (SSSR count). The molecule has 0 unspecified atom stereocenters. The van der Waals surface area contributed by atoms with Gasteiger partial charge in [0.1, 0.15) is 12.4 Å². The van der Waals surface area contributed by atoms with Crippen molar-refractivity contribution < 1.29 is 23.4 Å². The van der Waals surface area contributed by atoms with Crippen molar-refractivity contribution in [2.45, 2.75) is 39.7 Å². The number of carbonyl (C=O) groups excluding carboxylic acids is 1. The number of pyridine rings is 1. The van der Waals surface area contributed by atoms with Crippen LogP contribution < -0.4 is 9.47 Å². The summed E-state index contributed by atoms with van der Waals surface area (Å²) >= 11 is 0. The van der Waals surface area contributed by atoms with Crippen LogP contribution in [0.4, 0.5) is 4.39 Å². The number of hydrogen-bond acceptors (Lipinski definition) is 7. The second-order valence-corrected chi connectivity index (χ2v) is 7.97. The Hall–Kier alpha value is -3.55. The highest BCUT2D eigenvalue weighted by Gasteiger charge is 2.17. The van der Waals surface area contributed by atoms with Crippen LogP contribution in [0.5, 0.6) is 11.6 Å². The van der Waals surface area contributed by atoms with Crippen LogP contribution in [0.2, 0.25) is 0 Å². The van der Waals surface area contributed by atoms with Gasteiger partial charge in [-0.25, -0.2) is 9.37 Å². The van der Waals surface area contributed by atoms with Crippen LogP contribution in [-0.4, -0.2) is 35.1 Å². The number of rotatable bonds is 10. The molecule has 174 valence electrons. The first-order valence-electron chi connectivity index (χ1n) is 10.7. The van der Waals surface area contributed by atoms with E-state index >= 15 is 0 Å². The van der Waals surface area contributed by atoms with Gasteiger partial charge in [0.25, 0.3) is 0 Å². The molecule has 0 bridgehead atoms. The maximum atomic E-state index is 14.5. The van der Waals surface area contributed by atoms with Crippen LogP contribution in [0, 0.1) is 11.7 Å². The molecule has 0 atom stereocenters. The standard InChI is InChI=1S/C25H28FN3O4/c1-16(2)10-22-25(20-12-23(31-3)27-14-21(20)26)28-13-18(29-22)15-33-19-7-5-6-17(11-19)8-9-24(30)32-4/h5-7,11-14,16H,8-10,15H2,1-4H3. The van der Waals surface area contributed by atoms with Crippen LogP contribution >= 0.6 is 0 Å². The SMILES string of the molecule is COC(=O)CCc1cccc(OCc2cnc(-c3cc(OC)ncc3F)c(CC(C)C)n2)c1. The Kier molecular flexibility index (Phi) is 8.29. The second-order valence-electron chi connectivity index (χ2n) is 7.97. The summed E-state index contributed by atoms with van der Waals surface area (Å²) in [6.45, 7) is 4.34. The first-order chi connectivity index (χ1) is 15.9. The highest BCUT2D eigenvalue weighted by Crippen LogP contribution is 2.28. The summed E-state index contributed by atoms with van der Waals surface area (Å²) in [6.07, 6.45) is 4.22. The van der Waals surface area contributed by atoms with E-state index in [-0.39, 0.29) is 12.6 Å². The van der Waals surface area contributed by atoms with Crippen molar-refractivity contribution in [1.29, 1.82) is 0 Å². The van der Waals surface area contributed by atoms with Gasteiger partial charge in [0.15, 0.2) is 5.82 Å². The Balaban J connectivity index is 1.79. The zero-order valence-electron chi connectivity index (χ0n) is 19.3. The molecule has 0 saturated heterocycles. The zero-order valence-corrected chi connectivity index (χ0v) is 19.3. The number of benzene rings is 1. The van der Waals surface area contributed by atoms with Gasteiger partial charge in [-0.05, 0) is 36.5 Å². The molecule has 0 aliphatic heterocycles. The van der Waals surface area contributed by atoms with Gasteiger partial charge in [0.2, 0.25) is 5.88 Å². The van der Waals surface area contributed by atoms with Crippen LogP contribution in [0.1, 0.15) is 37.2 Å². The summed E-state index contributed by atoms with van der Waals surface area (Å²) in [6, 6.07) is 9.07. The van der Waals surface area contributed by atoms with E-state index in [9.17, 15) is 9.18 Å². The van der Waals surface area contributed by atoms with E-state index in [0.29, 0.717) is 59.5 Å². The molecule has 0 spiro atoms. The van der Waals surface area contributed by atoms with Gasteiger partial charge in [0.05, 0.1) is 43.7 Å². The lowest BCUT2D eigenvalue weighted by atomic mass is 10.0. The number of ether oxygens (including phenoxy) is 3. The molecular weight excluding hydrogens is 425 g/mol. The molecule has 0 aliphatic carbocycles. The lowest BCUT2D eigenvalue weighted by Crippen LogP contribution is -2.08. The Morgan fingerprint density at radius 2 is 1.94 bits per heavy atom. The Labute approximate surface area is 193 Å². The van der Waals surface area contributed by atoms with Gasteiger partial charge in [0, 0.05) is 18.1 Å². The molecule has 0 saturated carbocycles. The molecule has 0 amide bonds. The molecular formula is C25H28FN3O4. The molecule has 1 aromatic carbocycles. The van der Waals surface area contributed by atoms with Crippen molar-refractivity contribution in [2.75, 3.05) is 14.2 Å². The van der Waals surface area contributed by atoms with E-state index in [2.05, 4.69) is 28.6 Å². The van der Waals surface area contributed by atoms with E-state index in [4.69, 9.17) is 14.5 Å². The third kappa shape index (κ3) is 6.71. The zero-order chi connectivity index (χ0) is 23.8. The minimum atomic E-state index is -0.483. The fraction of sp³-hybridized carbons (Fsp3) is 0.360. The van der Waals surface area contributed by atoms with E-state index in [1.54, 1.807) is 6.20 Å². The lowest BCUT2D eigenvalue weighted by Gasteiger charge is -2.14. The third-order valence-corrected chi connectivity index (χ3v) is 4.92. The highest BCUT2D eigenvalue weighted by molar-refractivity contribution is 5.69. The average Bonchev–Trinajstić information content (AvgIpc) is 2.82. The van der Waals surface area contributed by atoms with Crippen molar-refractivity contribution in [3.8, 4) is 22.9 Å². The van der Waals surface area contributed by atoms with Gasteiger partial charge in [-0.1, -0.05) is 26.0 Å². The number of esters is 1. The van der Waals surface area contributed by atoms with Crippen molar-refractivity contribution in [3.63, 3.8) is 0 Å². The molecule has 0 aliphatic rings. The van der Waals surface area contributed by atoms with E-state index in [1.165, 1.54) is 20.3 Å². The minimum Gasteiger partial charge on any atom is -0.487 e. The van der Waals surface area contributed by atoms with Gasteiger partial charge in [-0.2, -0.15) is 0 Å². The summed E-state index contributed by atoms with van der Waals surface area (Å²) in [5.41, 5.74) is 3.06. The maximum absolute atomic E-state index is 14.5. The van der Waals surface area contributed by atoms with Crippen molar-refractivity contribution in [3.05, 3.63) is 65.5 Å². The molecule has 0 N–H and O–H groups in total. The summed E-state index contributed by atoms with van der Waals surface area (Å²) in [4.78, 5) is 24.5. The van der Waals surface area contributed by atoms with E-state index < -0.39 is 5.82 Å². The van der Waals surface area contributed by atoms with Crippen LogP contribution in [0.3, 0.4) is 0 Å². The van der Waals surface area contributed by atoms with Crippen molar-refractivity contribution in [1.82, 2.24) is 15.0 Å². The molecule has 33 heavy (non-hydrogen) atoms. The summed E-state index contributed by atoms with van der Waals surface area (Å²) in [5, 5.41) is 0. The summed E-state index contributed by atoms with van der Waals surface area (Å²) in [7, 11) is 2.86. The van der Waals surface area contributed by atoms with Gasteiger partial charge >= 0.3 is 5.97 Å². The first-order valence-corrected chi connectivity index (χ1v) is 10.7. The fourth-order valence-corrected chi connectivity index (χ4v) is 3.30. The minimum absolute atomic E-state index is 0.209. The number of aromatic nitrogens is 3. The molecule has 0 radical (unpaired) electrons. The summed E-state index contributed by atoms with van der Waals surface area (Å²) in [5.74, 6) is 0.537. The van der Waals surface area contributed by atoms with Crippen LogP contribution in [0.25, 0.3) is 11.3 Å². The maximum Gasteiger partial charge on any atom is 0.305 e. The number of aryl methyl sites for hydroxylation is 1. The fourth-order valence-electron chi connectivity index (χ4n) is 3.30. The lowest BCUT2D eigenvalue weighted by molar-refractivity contribution is -0.140. The second kappa shape index (κ2) is 11.4. The monoisotopic (exact) mass is 453 g/mol. The number of nitrogens with zero attached hydrogens (tertiary/aromatic N) is 3. The highest BCUT2D eigenvalue weighted by atomic mass is 19.1. The Morgan fingerprint density at radius 1 is 1.12 bits per heavy atom. The number of methoxy groups -OCH3 is 2. The van der Waals surface area contributed by atoms with Gasteiger partial charge in [-0.3, -0.25) is 14.8 Å². The molecule has 3 aromatic rings. The molecule has 8 heteroatoms. The van der Waals surface area contributed by atoms with Gasteiger partial charge in [-0.15, -0.1) is 0 Å². The van der Waals surface area contributed by atoms with Crippen molar-refractivity contribution >= 4 is 5.97 Å². The van der Waals surface area contributed by atoms with Gasteiger partial charge < -0.3 is 14.2 Å². The van der Waals surface area contributed by atoms with E-state index in [1.807, 2.05) is 24.3 Å². The van der Waals surface area contributed by atoms with E-state index in [0.717, 1.165) is 11.8 Å². The predicted octanol–water partition coefficient (Wildman–Crippen LogP) is 4.57. The Morgan fingerprint density at radius 3 is 2.67 bits per heavy atom. The number of halogens is 1. The molecule has 0 fully saturated rings. The smallest absolute Gasteiger partial charge is 0.305 e. The summed E-state index contributed by atoms with van der Waals surface area (Å²) < 4.78 is 30.2. The number of carbonyl (C=O) groups is 1. The average molecular weight is 454 g/mol. The molecule has 2 heterocycles. The first kappa shape index (κ1) is 24.1. The van der Waals surface area contributed by atoms with Crippen molar-refractivity contribution in [2.24, 2.45) is 5.92 Å². The molecule has 7 nitrogen and oxygen atoms in total. The number of hydrogen-bond donors (Lipinski definition) is 0. The third-order valence-electron chi connectivity index (χ3n) is 4.92. The topological polar surface area (TPSA) is 83.4 Å². The largest absolute Gasteiger partial charge is 0.487 e. The normalized spacial score (nSPS) is 10.8. The predicted molar refractivity (Wildman–Crippen MR) is 121 cm³/mol. The quantitative estimate of drug-likeness (QED) is 0.416.